The van der Waals surface area contributed by atoms with Crippen LogP contribution in [0.25, 0.3) is 5.57 Å². The van der Waals surface area contributed by atoms with Crippen molar-refractivity contribution in [1.82, 2.24) is 4.98 Å². The maximum atomic E-state index is 12.3. The quantitative estimate of drug-likeness (QED) is 0.645. The predicted octanol–water partition coefficient (Wildman–Crippen LogP) is 4.56. The summed E-state index contributed by atoms with van der Waals surface area (Å²) in [5.74, 6) is -0.149. The van der Waals surface area contributed by atoms with Gasteiger partial charge in [-0.15, -0.1) is 0 Å². The van der Waals surface area contributed by atoms with Crippen LogP contribution in [0.3, 0.4) is 0 Å². The number of nitrogens with one attached hydrogen (secondary N) is 1. The van der Waals surface area contributed by atoms with E-state index < -0.39 is 0 Å². The van der Waals surface area contributed by atoms with Gasteiger partial charge in [-0.05, 0) is 66.4 Å². The highest BCUT2D eigenvalue weighted by Gasteiger charge is 2.09. The molecule has 0 atom stereocenters. The minimum atomic E-state index is -0.149. The molecule has 0 radical (unpaired) electrons. The lowest BCUT2D eigenvalue weighted by atomic mass is 9.98. The second-order valence-corrected chi connectivity index (χ2v) is 6.08. The Morgan fingerprint density at radius 3 is 2.50 bits per heavy atom. The van der Waals surface area contributed by atoms with Crippen LogP contribution in [0.2, 0.25) is 0 Å². The van der Waals surface area contributed by atoms with Crippen LogP contribution in [0.1, 0.15) is 27.9 Å². The molecule has 0 aliphatic heterocycles. The standard InChI is InChI=1S/C22H21N3O/c1-16(7-8-17-11-13-24-14-12-17)20-15-19(9-10-21(20)23)25-22(26)18-5-3-2-4-6-18/h2-6,9-15H,1,7-8,23H2,(H,25,26). The largest absolute Gasteiger partial charge is 0.398 e. The van der Waals surface area contributed by atoms with Crippen molar-refractivity contribution in [3.8, 4) is 0 Å². The SMILES string of the molecule is C=C(CCc1ccncc1)c1cc(NC(=O)c2ccccc2)ccc1N. The number of carbonyl (C=O) groups is 1. The number of hydrogen-bond donors (Lipinski definition) is 2. The minimum Gasteiger partial charge on any atom is -0.398 e. The van der Waals surface area contributed by atoms with Gasteiger partial charge in [0.2, 0.25) is 0 Å². The molecular formula is C22H21N3O. The van der Waals surface area contributed by atoms with Gasteiger partial charge in [-0.1, -0.05) is 24.8 Å². The van der Waals surface area contributed by atoms with Gasteiger partial charge in [0.25, 0.3) is 5.91 Å². The van der Waals surface area contributed by atoms with Crippen molar-refractivity contribution in [3.63, 3.8) is 0 Å². The van der Waals surface area contributed by atoms with Gasteiger partial charge in [-0.2, -0.15) is 0 Å². The van der Waals surface area contributed by atoms with E-state index in [1.165, 1.54) is 5.56 Å². The van der Waals surface area contributed by atoms with E-state index in [1.807, 2.05) is 36.4 Å². The molecule has 3 N–H and O–H groups in total. The van der Waals surface area contributed by atoms with Gasteiger partial charge in [0.1, 0.15) is 0 Å². The van der Waals surface area contributed by atoms with E-state index in [9.17, 15) is 4.79 Å². The average molecular weight is 343 g/mol. The highest BCUT2D eigenvalue weighted by molar-refractivity contribution is 6.04. The van der Waals surface area contributed by atoms with E-state index in [0.717, 1.165) is 24.0 Å². The summed E-state index contributed by atoms with van der Waals surface area (Å²) in [4.78, 5) is 16.3. The van der Waals surface area contributed by atoms with Gasteiger partial charge in [-0.25, -0.2) is 0 Å². The van der Waals surface area contributed by atoms with Crippen LogP contribution in [-0.2, 0) is 6.42 Å². The fraction of sp³-hybridized carbons (Fsp3) is 0.0909. The first-order chi connectivity index (χ1) is 12.6. The van der Waals surface area contributed by atoms with E-state index in [2.05, 4.69) is 16.9 Å². The molecule has 0 bridgehead atoms. The predicted molar refractivity (Wildman–Crippen MR) is 107 cm³/mol. The van der Waals surface area contributed by atoms with E-state index in [0.29, 0.717) is 16.9 Å². The Bertz CT molecular complexity index is 905. The third-order valence-electron chi connectivity index (χ3n) is 4.19. The topological polar surface area (TPSA) is 68.0 Å². The van der Waals surface area contributed by atoms with E-state index >= 15 is 0 Å². The number of aryl methyl sites for hydroxylation is 1. The molecule has 0 saturated carbocycles. The normalized spacial score (nSPS) is 10.3. The maximum absolute atomic E-state index is 12.3. The number of pyridine rings is 1. The number of benzene rings is 2. The molecule has 0 aliphatic carbocycles. The number of anilines is 2. The van der Waals surface area contributed by atoms with Crippen LogP contribution in [0.5, 0.6) is 0 Å². The summed E-state index contributed by atoms with van der Waals surface area (Å²) in [6.45, 7) is 4.17. The minimum absolute atomic E-state index is 0.149. The lowest BCUT2D eigenvalue weighted by Gasteiger charge is -2.12. The van der Waals surface area contributed by atoms with Crippen LogP contribution >= 0.6 is 0 Å². The summed E-state index contributed by atoms with van der Waals surface area (Å²) < 4.78 is 0. The number of amides is 1. The number of carbonyl (C=O) groups excluding carboxylic acids is 1. The molecule has 0 unspecified atom stereocenters. The van der Waals surface area contributed by atoms with E-state index in [-0.39, 0.29) is 5.91 Å². The average Bonchev–Trinajstić information content (AvgIpc) is 2.69. The summed E-state index contributed by atoms with van der Waals surface area (Å²) in [5.41, 5.74) is 11.1. The van der Waals surface area contributed by atoms with Crippen LogP contribution in [0.4, 0.5) is 11.4 Å². The molecule has 2 aromatic carbocycles. The highest BCUT2D eigenvalue weighted by Crippen LogP contribution is 2.27. The number of nitrogens with zero attached hydrogens (tertiary/aromatic N) is 1. The van der Waals surface area contributed by atoms with Crippen molar-refractivity contribution in [3.05, 3.63) is 96.3 Å². The van der Waals surface area contributed by atoms with Crippen molar-refractivity contribution in [2.75, 3.05) is 11.1 Å². The Hall–Kier alpha value is -3.40. The fourth-order valence-electron chi connectivity index (χ4n) is 2.71. The van der Waals surface area contributed by atoms with Gasteiger partial charge >= 0.3 is 0 Å². The molecular weight excluding hydrogens is 322 g/mol. The number of hydrogen-bond acceptors (Lipinski definition) is 3. The molecule has 3 rings (SSSR count). The second kappa shape index (κ2) is 8.12. The monoisotopic (exact) mass is 343 g/mol. The molecule has 0 spiro atoms. The number of aromatic nitrogens is 1. The summed E-state index contributed by atoms with van der Waals surface area (Å²) >= 11 is 0. The van der Waals surface area contributed by atoms with Crippen molar-refractivity contribution in [2.24, 2.45) is 0 Å². The summed E-state index contributed by atoms with van der Waals surface area (Å²) in [6.07, 6.45) is 5.21. The Morgan fingerprint density at radius 1 is 1.04 bits per heavy atom. The highest BCUT2D eigenvalue weighted by atomic mass is 16.1. The zero-order valence-corrected chi connectivity index (χ0v) is 14.5. The van der Waals surface area contributed by atoms with Crippen LogP contribution in [0, 0.1) is 0 Å². The van der Waals surface area contributed by atoms with Crippen molar-refractivity contribution < 1.29 is 4.79 Å². The van der Waals surface area contributed by atoms with Crippen molar-refractivity contribution in [2.45, 2.75) is 12.8 Å². The Balaban J connectivity index is 1.71. The maximum Gasteiger partial charge on any atom is 0.255 e. The van der Waals surface area contributed by atoms with Crippen molar-refractivity contribution in [1.29, 1.82) is 0 Å². The number of rotatable bonds is 6. The van der Waals surface area contributed by atoms with Crippen molar-refractivity contribution >= 4 is 22.9 Å². The van der Waals surface area contributed by atoms with Crippen LogP contribution in [0.15, 0.2) is 79.6 Å². The second-order valence-electron chi connectivity index (χ2n) is 6.08. The molecule has 1 heterocycles. The Kier molecular flexibility index (Phi) is 5.44. The summed E-state index contributed by atoms with van der Waals surface area (Å²) in [7, 11) is 0. The van der Waals surface area contributed by atoms with Gasteiger partial charge in [0.15, 0.2) is 0 Å². The lowest BCUT2D eigenvalue weighted by Crippen LogP contribution is -2.12. The van der Waals surface area contributed by atoms with Crippen LogP contribution in [-0.4, -0.2) is 10.9 Å². The Morgan fingerprint density at radius 2 is 1.77 bits per heavy atom. The summed E-state index contributed by atoms with van der Waals surface area (Å²) in [6, 6.07) is 18.6. The zero-order valence-electron chi connectivity index (χ0n) is 14.5. The lowest BCUT2D eigenvalue weighted by molar-refractivity contribution is 0.102. The van der Waals surface area contributed by atoms with Gasteiger partial charge in [-0.3, -0.25) is 9.78 Å². The number of nitrogens with two attached hydrogens (primary N) is 1. The molecule has 4 heteroatoms. The molecule has 130 valence electrons. The fourth-order valence-corrected chi connectivity index (χ4v) is 2.71. The first kappa shape index (κ1) is 17.4. The molecule has 1 aromatic heterocycles. The molecule has 26 heavy (non-hydrogen) atoms. The van der Waals surface area contributed by atoms with E-state index in [1.54, 1.807) is 36.7 Å². The third kappa shape index (κ3) is 4.36. The summed E-state index contributed by atoms with van der Waals surface area (Å²) in [5, 5.41) is 2.91. The third-order valence-corrected chi connectivity index (χ3v) is 4.19. The zero-order chi connectivity index (χ0) is 18.4. The molecule has 4 nitrogen and oxygen atoms in total. The van der Waals surface area contributed by atoms with Gasteiger partial charge in [0, 0.05) is 34.9 Å². The molecule has 0 fully saturated rings. The number of nitrogen functional groups attached to an aromatic ring is 1. The van der Waals surface area contributed by atoms with Gasteiger partial charge < -0.3 is 11.1 Å². The number of allylic oxidation sites excluding steroid dienone is 1. The molecule has 0 aliphatic rings. The molecule has 0 saturated heterocycles. The van der Waals surface area contributed by atoms with E-state index in [4.69, 9.17) is 5.73 Å². The van der Waals surface area contributed by atoms with Crippen LogP contribution < -0.4 is 11.1 Å². The Labute approximate surface area is 153 Å². The van der Waals surface area contributed by atoms with Gasteiger partial charge in [0.05, 0.1) is 0 Å². The first-order valence-corrected chi connectivity index (χ1v) is 8.46. The molecule has 1 amide bonds. The smallest absolute Gasteiger partial charge is 0.255 e. The first-order valence-electron chi connectivity index (χ1n) is 8.46. The molecule has 3 aromatic rings.